The van der Waals surface area contributed by atoms with Crippen LogP contribution in [0.15, 0.2) is 60.5 Å². The van der Waals surface area contributed by atoms with Crippen molar-refractivity contribution in [1.82, 2.24) is 9.61 Å². The van der Waals surface area contributed by atoms with Gasteiger partial charge in [-0.1, -0.05) is 48.9 Å². The molecule has 1 aromatic carbocycles. The molecular weight excluding hydrogens is 382 g/mol. The zero-order valence-corrected chi connectivity index (χ0v) is 17.9. The highest BCUT2D eigenvalue weighted by Gasteiger charge is 2.18. The number of pyridine rings is 1. The lowest BCUT2D eigenvalue weighted by Crippen LogP contribution is -2.07. The Kier molecular flexibility index (Phi) is 6.10. The minimum atomic E-state index is -0.335. The molecule has 0 saturated heterocycles. The fraction of sp³-hybridized carbons (Fsp3) is 0.250. The Morgan fingerprint density at radius 3 is 2.76 bits per heavy atom. The number of hydrogen-bond donors (Lipinski definition) is 0. The predicted octanol–water partition coefficient (Wildman–Crippen LogP) is 6.76. The quantitative estimate of drug-likeness (QED) is 0.425. The highest BCUT2D eigenvalue weighted by molar-refractivity contribution is 6.34. The summed E-state index contributed by atoms with van der Waals surface area (Å²) in [4.78, 5) is 0. The van der Waals surface area contributed by atoms with Crippen molar-refractivity contribution in [3.8, 4) is 11.8 Å². The van der Waals surface area contributed by atoms with Crippen molar-refractivity contribution in [3.05, 3.63) is 82.2 Å². The van der Waals surface area contributed by atoms with E-state index in [1.165, 1.54) is 5.57 Å². The van der Waals surface area contributed by atoms with E-state index in [2.05, 4.69) is 38.5 Å². The highest BCUT2D eigenvalue weighted by Crippen LogP contribution is 2.35. The standard InChI is InChI=1S/C24H24ClN3O/c1-6-15(2)16(3)17(4)20-11-23(24-22(25)13-27-28(24)14-20)29-18(5)21-10-8-7-9-19(21)12-26/h7-11,13-14,18H,4,6H2,1-3,5H3/b16-15+. The number of benzene rings is 1. The van der Waals surface area contributed by atoms with Gasteiger partial charge in [-0.05, 0) is 50.5 Å². The van der Waals surface area contributed by atoms with Crippen LogP contribution in [0.3, 0.4) is 0 Å². The van der Waals surface area contributed by atoms with Crippen LogP contribution >= 0.6 is 11.6 Å². The summed E-state index contributed by atoms with van der Waals surface area (Å²) < 4.78 is 8.02. The molecule has 4 nitrogen and oxygen atoms in total. The largest absolute Gasteiger partial charge is 0.484 e. The summed E-state index contributed by atoms with van der Waals surface area (Å²) in [6.07, 6.45) is 4.14. The maximum absolute atomic E-state index is 9.41. The van der Waals surface area contributed by atoms with Gasteiger partial charge in [0.05, 0.1) is 22.9 Å². The molecule has 0 spiro atoms. The van der Waals surface area contributed by atoms with Gasteiger partial charge in [-0.25, -0.2) is 4.52 Å². The number of rotatable bonds is 6. The minimum absolute atomic E-state index is 0.335. The van der Waals surface area contributed by atoms with Crippen LogP contribution in [0, 0.1) is 11.3 Å². The summed E-state index contributed by atoms with van der Waals surface area (Å²) in [6, 6.07) is 11.6. The van der Waals surface area contributed by atoms with E-state index in [0.717, 1.165) is 28.7 Å². The second kappa shape index (κ2) is 8.55. The van der Waals surface area contributed by atoms with E-state index in [-0.39, 0.29) is 6.10 Å². The zero-order chi connectivity index (χ0) is 21.1. The van der Waals surface area contributed by atoms with Crippen molar-refractivity contribution < 1.29 is 4.74 Å². The first-order valence-electron chi connectivity index (χ1n) is 9.55. The molecule has 0 fully saturated rings. The van der Waals surface area contributed by atoms with Crippen LogP contribution in [0.4, 0.5) is 0 Å². The molecule has 1 unspecified atom stereocenters. The smallest absolute Gasteiger partial charge is 0.148 e. The van der Waals surface area contributed by atoms with Crippen molar-refractivity contribution in [1.29, 1.82) is 5.26 Å². The van der Waals surface area contributed by atoms with Crippen molar-refractivity contribution in [2.45, 2.75) is 40.2 Å². The van der Waals surface area contributed by atoms with Crippen molar-refractivity contribution in [2.75, 3.05) is 0 Å². The maximum Gasteiger partial charge on any atom is 0.148 e. The first-order chi connectivity index (χ1) is 13.9. The van der Waals surface area contributed by atoms with Gasteiger partial charge in [0.1, 0.15) is 17.4 Å². The third kappa shape index (κ3) is 4.06. The van der Waals surface area contributed by atoms with Gasteiger partial charge in [0, 0.05) is 17.3 Å². The highest BCUT2D eigenvalue weighted by atomic mass is 35.5. The van der Waals surface area contributed by atoms with E-state index in [9.17, 15) is 5.26 Å². The number of aromatic nitrogens is 2. The van der Waals surface area contributed by atoms with E-state index in [0.29, 0.717) is 21.9 Å². The Bertz CT molecular complexity index is 1150. The fourth-order valence-corrected chi connectivity index (χ4v) is 3.47. The third-order valence-electron chi connectivity index (χ3n) is 5.33. The van der Waals surface area contributed by atoms with E-state index >= 15 is 0 Å². The molecule has 0 aliphatic heterocycles. The number of nitrogens with zero attached hydrogens (tertiary/aromatic N) is 3. The lowest BCUT2D eigenvalue weighted by molar-refractivity contribution is 0.228. The summed E-state index contributed by atoms with van der Waals surface area (Å²) in [6.45, 7) is 12.5. The van der Waals surface area contributed by atoms with Gasteiger partial charge < -0.3 is 4.74 Å². The number of nitriles is 1. The molecule has 0 saturated carbocycles. The Labute approximate surface area is 176 Å². The molecule has 2 aromatic heterocycles. The van der Waals surface area contributed by atoms with Gasteiger partial charge in [-0.2, -0.15) is 10.4 Å². The van der Waals surface area contributed by atoms with Crippen molar-refractivity contribution >= 4 is 22.7 Å². The number of hydrogen-bond acceptors (Lipinski definition) is 3. The Morgan fingerprint density at radius 1 is 1.34 bits per heavy atom. The van der Waals surface area contributed by atoms with Crippen molar-refractivity contribution in [2.24, 2.45) is 0 Å². The Morgan fingerprint density at radius 2 is 2.07 bits per heavy atom. The van der Waals surface area contributed by atoms with E-state index in [4.69, 9.17) is 16.3 Å². The van der Waals surface area contributed by atoms with Gasteiger partial charge in [-0.15, -0.1) is 0 Å². The lowest BCUT2D eigenvalue weighted by atomic mass is 9.97. The number of fused-ring (bicyclic) bond motifs is 1. The summed E-state index contributed by atoms with van der Waals surface area (Å²) in [5.41, 5.74) is 6.38. The topological polar surface area (TPSA) is 50.3 Å². The molecule has 0 aliphatic carbocycles. The molecule has 3 aromatic rings. The lowest BCUT2D eigenvalue weighted by Gasteiger charge is -2.19. The normalized spacial score (nSPS) is 13.0. The molecule has 29 heavy (non-hydrogen) atoms. The first-order valence-corrected chi connectivity index (χ1v) is 9.93. The molecule has 0 N–H and O–H groups in total. The van der Waals surface area contributed by atoms with E-state index in [1.54, 1.807) is 16.8 Å². The molecule has 5 heteroatoms. The fourth-order valence-electron chi connectivity index (χ4n) is 3.25. The van der Waals surface area contributed by atoms with Gasteiger partial charge in [-0.3, -0.25) is 0 Å². The Hall–Kier alpha value is -3.03. The third-order valence-corrected chi connectivity index (χ3v) is 5.60. The second-order valence-electron chi connectivity index (χ2n) is 7.08. The molecule has 3 rings (SSSR count). The van der Waals surface area contributed by atoms with Crippen molar-refractivity contribution in [3.63, 3.8) is 0 Å². The maximum atomic E-state index is 9.41. The van der Waals surface area contributed by atoms with Gasteiger partial charge in [0.25, 0.3) is 0 Å². The SMILES string of the molecule is C=C(/C(C)=C(\C)CC)c1cc(OC(C)c2ccccc2C#N)c2c(Cl)cnn2c1. The van der Waals surface area contributed by atoms with Crippen LogP contribution < -0.4 is 4.74 Å². The first kappa shape index (κ1) is 20.7. The molecule has 1 atom stereocenters. The number of halogens is 1. The summed E-state index contributed by atoms with van der Waals surface area (Å²) in [5, 5.41) is 14.3. The summed E-state index contributed by atoms with van der Waals surface area (Å²) >= 11 is 6.39. The number of ether oxygens (including phenoxy) is 1. The van der Waals surface area contributed by atoms with Crippen LogP contribution in [0.25, 0.3) is 11.1 Å². The monoisotopic (exact) mass is 405 g/mol. The molecule has 0 radical (unpaired) electrons. The number of allylic oxidation sites excluding steroid dienone is 3. The van der Waals surface area contributed by atoms with E-state index < -0.39 is 0 Å². The van der Waals surface area contributed by atoms with Crippen LogP contribution in [0.1, 0.15) is 56.9 Å². The molecule has 0 aliphatic rings. The van der Waals surface area contributed by atoms with Crippen LogP contribution in [-0.4, -0.2) is 9.61 Å². The summed E-state index contributed by atoms with van der Waals surface area (Å²) in [7, 11) is 0. The average Bonchev–Trinajstić information content (AvgIpc) is 3.12. The van der Waals surface area contributed by atoms with Crippen LogP contribution in [-0.2, 0) is 0 Å². The van der Waals surface area contributed by atoms with Crippen LogP contribution in [0.5, 0.6) is 5.75 Å². The summed E-state index contributed by atoms with van der Waals surface area (Å²) in [5.74, 6) is 0.605. The molecular formula is C24H24ClN3O. The molecule has 148 valence electrons. The van der Waals surface area contributed by atoms with Gasteiger partial charge in [0.2, 0.25) is 0 Å². The molecule has 0 amide bonds. The zero-order valence-electron chi connectivity index (χ0n) is 17.2. The second-order valence-corrected chi connectivity index (χ2v) is 7.48. The minimum Gasteiger partial charge on any atom is -0.484 e. The molecule has 2 heterocycles. The Balaban J connectivity index is 2.08. The van der Waals surface area contributed by atoms with Crippen LogP contribution in [0.2, 0.25) is 5.02 Å². The van der Waals surface area contributed by atoms with E-state index in [1.807, 2.05) is 37.4 Å². The molecule has 0 bridgehead atoms. The van der Waals surface area contributed by atoms with Gasteiger partial charge >= 0.3 is 0 Å². The van der Waals surface area contributed by atoms with Gasteiger partial charge in [0.15, 0.2) is 0 Å². The average molecular weight is 406 g/mol. The predicted molar refractivity (Wildman–Crippen MR) is 118 cm³/mol.